The van der Waals surface area contributed by atoms with E-state index in [4.69, 9.17) is 23.9 Å². The van der Waals surface area contributed by atoms with Gasteiger partial charge in [-0.2, -0.15) is 0 Å². The summed E-state index contributed by atoms with van der Waals surface area (Å²) < 4.78 is 27.1. The summed E-state index contributed by atoms with van der Waals surface area (Å²) in [5.41, 5.74) is 0.701. The molecule has 2 aromatic rings. The van der Waals surface area contributed by atoms with Gasteiger partial charge in [0.25, 0.3) is 0 Å². The lowest BCUT2D eigenvalue weighted by molar-refractivity contribution is -0.328. The summed E-state index contributed by atoms with van der Waals surface area (Å²) in [5.74, 6) is 10.6. The SMILES string of the molecule is CC[C@@H]1CC[C@@H]2[C@@H](C1)[C@H]1/C=C/C(=O)[C@@]3(Cc4ccc(O)c(OC)c4)CCC[C@@H]3CC#CNC(=NC)Nc3cc(cc4c3OC#CC[C@H]3C[C@](CNC)(C[C@]35CC[C@@H]3C[C@@H]6CC[C@H](CO)[C@@H]6O[C@@]3(O)C5)O4)[C@@]13CCC[C@H]3[C@H]2CCCO. The normalized spacial score (nSPS) is 41.4. The molecule has 0 radical (unpaired) electrons. The van der Waals surface area contributed by atoms with E-state index in [9.17, 15) is 20.4 Å². The Morgan fingerprint density at radius 2 is 1.80 bits per heavy atom. The molecule has 13 nitrogen and oxygen atoms in total. The van der Waals surface area contributed by atoms with Gasteiger partial charge in [0.15, 0.2) is 28.8 Å². The molecule has 2 aromatic carbocycles. The number of aliphatic hydroxyl groups is 3. The summed E-state index contributed by atoms with van der Waals surface area (Å²) in [7, 11) is 5.33. The number of nitrogens with one attached hydrogen (secondary N) is 3. The van der Waals surface area contributed by atoms with Crippen LogP contribution < -0.4 is 30.2 Å². The number of ketones is 1. The molecule has 3 heterocycles. The van der Waals surface area contributed by atoms with Crippen LogP contribution in [-0.4, -0.2) is 90.6 Å². The molecule has 3 aliphatic heterocycles. The number of phenolic OH excluding ortho intramolecular Hbond substituents is 1. The topological polar surface area (TPSA) is 183 Å². The molecule has 432 valence electrons. The van der Waals surface area contributed by atoms with Gasteiger partial charge in [0.1, 0.15) is 11.7 Å². The van der Waals surface area contributed by atoms with Crippen LogP contribution in [0.2, 0.25) is 0 Å². The van der Waals surface area contributed by atoms with Gasteiger partial charge in [0, 0.05) is 74.8 Å². The van der Waals surface area contributed by atoms with Crippen LogP contribution in [0.3, 0.4) is 0 Å². The number of carbonyl (C=O) groups is 1. The van der Waals surface area contributed by atoms with Crippen molar-refractivity contribution in [2.24, 2.45) is 80.9 Å². The fourth-order valence-corrected chi connectivity index (χ4v) is 19.9. The van der Waals surface area contributed by atoms with Crippen molar-refractivity contribution in [3.05, 3.63) is 53.6 Å². The molecule has 8 fully saturated rings. The Kier molecular flexibility index (Phi) is 15.6. The first-order valence-corrected chi connectivity index (χ1v) is 31.2. The Morgan fingerprint density at radius 3 is 2.61 bits per heavy atom. The first-order chi connectivity index (χ1) is 38.9. The van der Waals surface area contributed by atoms with E-state index in [-0.39, 0.29) is 71.8 Å². The minimum absolute atomic E-state index is 0.00109. The Hall–Kier alpha value is -4.76. The highest BCUT2D eigenvalue weighted by atomic mass is 16.6. The monoisotopic (exact) mass is 1090 g/mol. The number of fused-ring (bicyclic) bond motifs is 12. The average molecular weight is 1100 g/mol. The molecule has 12 rings (SSSR count). The highest BCUT2D eigenvalue weighted by Gasteiger charge is 2.65. The van der Waals surface area contributed by atoms with Crippen molar-refractivity contribution in [3.63, 3.8) is 0 Å². The van der Waals surface area contributed by atoms with Gasteiger partial charge in [-0.1, -0.05) is 56.6 Å². The minimum Gasteiger partial charge on any atom is -0.504 e. The van der Waals surface area contributed by atoms with Crippen LogP contribution in [-0.2, 0) is 21.4 Å². The Morgan fingerprint density at radius 1 is 0.938 bits per heavy atom. The predicted octanol–water partition coefficient (Wildman–Crippen LogP) is 10.2. The standard InChI is InChI=1S/C67H90N4O9/c1-5-42-16-20-50-51(14-9-29-72)53-15-7-26-66(53)49-34-55(71-62(69-3)70-28-8-12-46-11-6-25-65(46,59(75)23-21-54(66)52(50)31-42)36-43-17-22-56(74)57(32-43)77-4)61-58(35-49)79-64(41-68-2)37-48(13-10-30-78-61)63(39-64)27-24-47-33-44-18-19-45(38-73)60(44)80-67(47,76)40-63/h17,21-23,32,34-35,42,44-48,50-54,60,68,72-74,76H,5-7,9,11-16,18-20,24-27,29,31,33,36-41H2,1-4H3,(H2,69,70,71)/b23-21+/t42-,44+,45-,46-,47-,48+,50+,51+,52-,53+,54-,60-,63+,64-,65-,66-,67+/m1/s1. The number of likely N-dealkylation sites (N-methyl/N-ethyl adjacent to an activating group) is 1. The Balaban J connectivity index is 1.01. The predicted molar refractivity (Wildman–Crippen MR) is 309 cm³/mol. The van der Waals surface area contributed by atoms with Gasteiger partial charge in [-0.3, -0.25) is 15.1 Å². The second-order valence-electron chi connectivity index (χ2n) is 27.0. The van der Waals surface area contributed by atoms with Gasteiger partial charge in [0.05, 0.1) is 18.9 Å². The number of phenols is 1. The van der Waals surface area contributed by atoms with Gasteiger partial charge in [-0.25, -0.2) is 0 Å². The molecule has 7 saturated carbocycles. The van der Waals surface area contributed by atoms with E-state index in [0.717, 1.165) is 115 Å². The number of hydrogen-bond acceptors (Lipinski definition) is 11. The number of aliphatic imine (C=N–C) groups is 1. The first kappa shape index (κ1) is 55.8. The minimum atomic E-state index is -1.29. The van der Waals surface area contributed by atoms with E-state index in [1.54, 1.807) is 20.2 Å². The molecule has 2 spiro atoms. The van der Waals surface area contributed by atoms with Crippen LogP contribution >= 0.6 is 0 Å². The highest BCUT2D eigenvalue weighted by Crippen LogP contribution is 2.68. The van der Waals surface area contributed by atoms with E-state index >= 15 is 4.79 Å². The summed E-state index contributed by atoms with van der Waals surface area (Å²) >= 11 is 0. The summed E-state index contributed by atoms with van der Waals surface area (Å²) in [6.45, 7) is 3.17. The third-order valence-corrected chi connectivity index (χ3v) is 23.4. The zero-order valence-corrected chi connectivity index (χ0v) is 48.1. The first-order valence-electron chi connectivity index (χ1n) is 31.2. The molecule has 0 aromatic heterocycles. The number of anilines is 1. The maximum absolute atomic E-state index is 15.9. The molecule has 7 aliphatic carbocycles. The number of aromatic hydroxyl groups is 1. The van der Waals surface area contributed by atoms with Crippen molar-refractivity contribution >= 4 is 17.4 Å². The smallest absolute Gasteiger partial charge is 0.207 e. The molecule has 0 amide bonds. The van der Waals surface area contributed by atoms with E-state index in [2.05, 4.69) is 65.1 Å². The summed E-state index contributed by atoms with van der Waals surface area (Å²) in [4.78, 5) is 20.6. The molecule has 10 aliphatic rings. The zero-order chi connectivity index (χ0) is 55.4. The second kappa shape index (κ2) is 22.4. The van der Waals surface area contributed by atoms with E-state index in [0.29, 0.717) is 97.1 Å². The van der Waals surface area contributed by atoms with Crippen molar-refractivity contribution in [2.75, 3.05) is 46.3 Å². The fourth-order valence-electron chi connectivity index (χ4n) is 19.9. The highest BCUT2D eigenvalue weighted by molar-refractivity contribution is 5.97. The number of benzene rings is 2. The molecule has 0 unspecified atom stereocenters. The van der Waals surface area contributed by atoms with Gasteiger partial charge in [-0.15, -0.1) is 0 Å². The molecule has 7 N–H and O–H groups in total. The Labute approximate surface area is 475 Å². The van der Waals surface area contributed by atoms with Gasteiger partial charge in [-0.05, 0) is 210 Å². The third kappa shape index (κ3) is 9.63. The largest absolute Gasteiger partial charge is 0.504 e. The molecular formula is C67H90N4O9. The van der Waals surface area contributed by atoms with Crippen molar-refractivity contribution < 1.29 is 44.2 Å². The lowest BCUT2D eigenvalue weighted by atomic mass is 9.45. The van der Waals surface area contributed by atoms with Gasteiger partial charge >= 0.3 is 0 Å². The van der Waals surface area contributed by atoms with Crippen molar-refractivity contribution in [1.82, 2.24) is 10.6 Å². The number of aliphatic hydroxyl groups excluding tert-OH is 2. The van der Waals surface area contributed by atoms with Crippen LogP contribution in [0, 0.1) is 99.9 Å². The van der Waals surface area contributed by atoms with Crippen molar-refractivity contribution in [1.29, 1.82) is 0 Å². The van der Waals surface area contributed by atoms with Gasteiger partial charge < -0.3 is 50.0 Å². The van der Waals surface area contributed by atoms with E-state index in [1.165, 1.54) is 12.0 Å². The molecule has 17 atom stereocenters. The third-order valence-electron chi connectivity index (χ3n) is 23.4. The maximum Gasteiger partial charge on any atom is 0.207 e. The van der Waals surface area contributed by atoms with Crippen LogP contribution in [0.15, 0.2) is 47.5 Å². The number of allylic oxidation sites excluding steroid dienone is 2. The number of nitrogens with zero attached hydrogens (tertiary/aromatic N) is 1. The fraction of sp³-hybridized carbons (Fsp3) is 0.701. The zero-order valence-electron chi connectivity index (χ0n) is 48.1. The molecule has 1 saturated heterocycles. The number of methoxy groups -OCH3 is 1. The van der Waals surface area contributed by atoms with Crippen molar-refractivity contribution in [3.8, 4) is 47.0 Å². The molecule has 13 heteroatoms. The maximum atomic E-state index is 15.9. The number of ether oxygens (including phenoxy) is 4. The lowest BCUT2D eigenvalue weighted by Crippen LogP contribution is -2.57. The number of rotatable bonds is 10. The second-order valence-corrected chi connectivity index (χ2v) is 27.0. The molecule has 4 bridgehead atoms. The van der Waals surface area contributed by atoms with Crippen LogP contribution in [0.25, 0.3) is 0 Å². The number of carbonyl (C=O) groups excluding carboxylic acids is 1. The lowest BCUT2D eigenvalue weighted by Gasteiger charge is -2.59. The summed E-state index contributed by atoms with van der Waals surface area (Å²) in [6.07, 6.45) is 27.7. The van der Waals surface area contributed by atoms with E-state index in [1.807, 2.05) is 25.3 Å². The van der Waals surface area contributed by atoms with Crippen LogP contribution in [0.1, 0.15) is 159 Å². The summed E-state index contributed by atoms with van der Waals surface area (Å²) in [5, 5.41) is 55.1. The molecular weight excluding hydrogens is 1000 g/mol. The van der Waals surface area contributed by atoms with Crippen molar-refractivity contribution in [2.45, 2.75) is 178 Å². The molecule has 80 heavy (non-hydrogen) atoms. The number of hydrogen-bond donors (Lipinski definition) is 7. The van der Waals surface area contributed by atoms with E-state index < -0.39 is 22.2 Å². The quantitative estimate of drug-likeness (QED) is 0.112. The average Bonchev–Trinajstić information content (AvgIpc) is 4.30. The van der Waals surface area contributed by atoms with Gasteiger partial charge in [0.2, 0.25) is 11.7 Å². The van der Waals surface area contributed by atoms with Crippen LogP contribution in [0.4, 0.5) is 5.69 Å². The Bertz CT molecular complexity index is 2830. The summed E-state index contributed by atoms with van der Waals surface area (Å²) in [6, 6.07) is 13.4. The van der Waals surface area contributed by atoms with Crippen LogP contribution in [0.5, 0.6) is 23.0 Å². The number of guanidine groups is 1.